The Labute approximate surface area is 207 Å². The molecule has 0 bridgehead atoms. The number of nitrogens with zero attached hydrogens (tertiary/aromatic N) is 2. The molecular formula is C31H42N2O. The summed E-state index contributed by atoms with van der Waals surface area (Å²) in [7, 11) is 2.22. The van der Waals surface area contributed by atoms with Crippen LogP contribution in [0.25, 0.3) is 11.3 Å². The lowest BCUT2D eigenvalue weighted by molar-refractivity contribution is 0.207. The molecule has 0 saturated carbocycles. The van der Waals surface area contributed by atoms with Gasteiger partial charge < -0.3 is 4.74 Å². The minimum absolute atomic E-state index is 0.103. The zero-order valence-electron chi connectivity index (χ0n) is 22.2. The van der Waals surface area contributed by atoms with Gasteiger partial charge in [-0.05, 0) is 63.8 Å². The quantitative estimate of drug-likeness (QED) is 0.291. The fraction of sp³-hybridized carbons (Fsp3) is 0.452. The number of pyridine rings is 1. The Balaban J connectivity index is 2.05. The van der Waals surface area contributed by atoms with Gasteiger partial charge in [-0.1, -0.05) is 75.7 Å². The van der Waals surface area contributed by atoms with Crippen LogP contribution in [0.3, 0.4) is 0 Å². The van der Waals surface area contributed by atoms with Gasteiger partial charge in [0.25, 0.3) is 0 Å². The monoisotopic (exact) mass is 458 g/mol. The molecule has 0 aliphatic heterocycles. The topological polar surface area (TPSA) is 25.4 Å². The van der Waals surface area contributed by atoms with E-state index in [9.17, 15) is 0 Å². The normalized spacial score (nSPS) is 12.4. The van der Waals surface area contributed by atoms with Crippen molar-refractivity contribution >= 4 is 0 Å². The van der Waals surface area contributed by atoms with Crippen LogP contribution in [0.5, 0.6) is 5.75 Å². The van der Waals surface area contributed by atoms with Crippen LogP contribution in [-0.2, 0) is 19.4 Å². The van der Waals surface area contributed by atoms with Gasteiger partial charge in [0, 0.05) is 35.5 Å². The molecule has 0 spiro atoms. The largest absolute Gasteiger partial charge is 0.491 e. The summed E-state index contributed by atoms with van der Waals surface area (Å²) in [5.41, 5.74) is 8.60. The second kappa shape index (κ2) is 12.2. The van der Waals surface area contributed by atoms with E-state index in [1.807, 2.05) is 0 Å². The fourth-order valence-electron chi connectivity index (χ4n) is 4.87. The van der Waals surface area contributed by atoms with Crippen LogP contribution in [0.4, 0.5) is 0 Å². The molecule has 0 radical (unpaired) electrons. The maximum atomic E-state index is 6.41. The molecule has 182 valence electrons. The first kappa shape index (κ1) is 26.0. The van der Waals surface area contributed by atoms with Crippen molar-refractivity contribution in [3.05, 3.63) is 82.5 Å². The van der Waals surface area contributed by atoms with Crippen LogP contribution in [0.15, 0.2) is 54.6 Å². The summed E-state index contributed by atoms with van der Waals surface area (Å²) in [6.45, 7) is 13.8. The lowest BCUT2D eigenvalue weighted by Crippen LogP contribution is -2.25. The summed E-state index contributed by atoms with van der Waals surface area (Å²) in [4.78, 5) is 7.60. The molecule has 2 aromatic carbocycles. The van der Waals surface area contributed by atoms with Crippen LogP contribution in [0.2, 0.25) is 0 Å². The standard InChI is InChI=1S/C31H42N2O/c1-8-15-29(26-16-12-11-13-17-26)33(7)21-27-23(6)32-28(20-30(27)34-22(4)5)31-24(9-2)18-14-19-25(31)10-3/h11-14,16-20,22,29H,8-10,15,21H2,1-7H3. The Bertz CT molecular complexity index is 1040. The van der Waals surface area contributed by atoms with Crippen LogP contribution in [-0.4, -0.2) is 23.0 Å². The highest BCUT2D eigenvalue weighted by atomic mass is 16.5. The highest BCUT2D eigenvalue weighted by Gasteiger charge is 2.22. The summed E-state index contributed by atoms with van der Waals surface area (Å²) in [6.07, 6.45) is 4.35. The molecule has 34 heavy (non-hydrogen) atoms. The Morgan fingerprint density at radius 2 is 1.56 bits per heavy atom. The van der Waals surface area contributed by atoms with Crippen LogP contribution in [0, 0.1) is 6.92 Å². The first-order valence-corrected chi connectivity index (χ1v) is 12.9. The summed E-state index contributed by atoms with van der Waals surface area (Å²) in [5, 5.41) is 0. The summed E-state index contributed by atoms with van der Waals surface area (Å²) in [6, 6.07) is 20.0. The van der Waals surface area contributed by atoms with Crippen molar-refractivity contribution in [1.82, 2.24) is 9.88 Å². The third-order valence-corrected chi connectivity index (χ3v) is 6.59. The van der Waals surface area contributed by atoms with Crippen molar-refractivity contribution < 1.29 is 4.74 Å². The first-order chi connectivity index (χ1) is 16.4. The summed E-state index contributed by atoms with van der Waals surface area (Å²) >= 11 is 0. The third-order valence-electron chi connectivity index (χ3n) is 6.59. The number of hydrogen-bond donors (Lipinski definition) is 0. The molecule has 3 nitrogen and oxygen atoms in total. The molecule has 3 aromatic rings. The predicted octanol–water partition coefficient (Wildman–Crippen LogP) is 7.94. The van der Waals surface area contributed by atoms with Gasteiger partial charge in [-0.2, -0.15) is 0 Å². The molecule has 0 fully saturated rings. The maximum absolute atomic E-state index is 6.41. The van der Waals surface area contributed by atoms with Crippen LogP contribution in [0.1, 0.15) is 81.4 Å². The number of aryl methyl sites for hydroxylation is 3. The lowest BCUT2D eigenvalue weighted by Gasteiger charge is -2.30. The maximum Gasteiger partial charge on any atom is 0.128 e. The third kappa shape index (κ3) is 6.07. The van der Waals surface area contributed by atoms with Gasteiger partial charge in [0.15, 0.2) is 0 Å². The molecule has 3 heteroatoms. The van der Waals surface area contributed by atoms with E-state index >= 15 is 0 Å². The second-order valence-corrected chi connectivity index (χ2v) is 9.52. The minimum Gasteiger partial charge on any atom is -0.491 e. The van der Waals surface area contributed by atoms with Gasteiger partial charge in [0.1, 0.15) is 5.75 Å². The molecule has 1 unspecified atom stereocenters. The molecule has 0 N–H and O–H groups in total. The average Bonchev–Trinajstić information content (AvgIpc) is 2.83. The number of aromatic nitrogens is 1. The Kier molecular flexibility index (Phi) is 9.29. The van der Waals surface area contributed by atoms with Crippen molar-refractivity contribution in [2.45, 2.75) is 85.9 Å². The summed E-state index contributed by atoms with van der Waals surface area (Å²) < 4.78 is 6.41. The number of hydrogen-bond acceptors (Lipinski definition) is 3. The van der Waals surface area contributed by atoms with Crippen molar-refractivity contribution in [3.63, 3.8) is 0 Å². The highest BCUT2D eigenvalue weighted by molar-refractivity contribution is 5.70. The van der Waals surface area contributed by atoms with E-state index in [0.29, 0.717) is 6.04 Å². The van der Waals surface area contributed by atoms with E-state index in [1.54, 1.807) is 0 Å². The van der Waals surface area contributed by atoms with Crippen molar-refractivity contribution in [3.8, 4) is 17.0 Å². The Morgan fingerprint density at radius 1 is 0.912 bits per heavy atom. The minimum atomic E-state index is 0.103. The predicted molar refractivity (Wildman–Crippen MR) is 144 cm³/mol. The zero-order valence-corrected chi connectivity index (χ0v) is 22.2. The van der Waals surface area contributed by atoms with E-state index in [1.165, 1.54) is 27.8 Å². The molecule has 0 aliphatic rings. The number of benzene rings is 2. The van der Waals surface area contributed by atoms with Crippen LogP contribution < -0.4 is 4.74 Å². The van der Waals surface area contributed by atoms with Gasteiger partial charge >= 0.3 is 0 Å². The Morgan fingerprint density at radius 3 is 2.12 bits per heavy atom. The first-order valence-electron chi connectivity index (χ1n) is 12.9. The van der Waals surface area contributed by atoms with Crippen LogP contribution >= 0.6 is 0 Å². The molecule has 0 saturated heterocycles. The van der Waals surface area contributed by atoms with Crippen molar-refractivity contribution in [2.24, 2.45) is 0 Å². The smallest absolute Gasteiger partial charge is 0.128 e. The van der Waals surface area contributed by atoms with Gasteiger partial charge in [0.05, 0.1) is 11.8 Å². The van der Waals surface area contributed by atoms with Gasteiger partial charge in [-0.3, -0.25) is 9.88 Å². The molecule has 3 rings (SSSR count). The molecule has 0 aliphatic carbocycles. The SMILES string of the molecule is CCCC(c1ccccc1)N(C)Cc1c(OC(C)C)cc(-c2c(CC)cccc2CC)nc1C. The lowest BCUT2D eigenvalue weighted by atomic mass is 9.94. The zero-order chi connectivity index (χ0) is 24.7. The number of rotatable bonds is 11. The molecule has 0 amide bonds. The van der Waals surface area contributed by atoms with E-state index in [0.717, 1.165) is 49.4 Å². The fourth-order valence-corrected chi connectivity index (χ4v) is 4.87. The van der Waals surface area contributed by atoms with E-state index < -0.39 is 0 Å². The van der Waals surface area contributed by atoms with E-state index in [4.69, 9.17) is 9.72 Å². The number of ether oxygens (including phenoxy) is 1. The van der Waals surface area contributed by atoms with Gasteiger partial charge in [-0.15, -0.1) is 0 Å². The van der Waals surface area contributed by atoms with Gasteiger partial charge in [-0.25, -0.2) is 0 Å². The van der Waals surface area contributed by atoms with E-state index in [-0.39, 0.29) is 6.10 Å². The Hall–Kier alpha value is -2.65. The van der Waals surface area contributed by atoms with Gasteiger partial charge in [0.2, 0.25) is 0 Å². The van der Waals surface area contributed by atoms with E-state index in [2.05, 4.69) is 108 Å². The molecule has 1 heterocycles. The molecule has 1 atom stereocenters. The molecular weight excluding hydrogens is 416 g/mol. The second-order valence-electron chi connectivity index (χ2n) is 9.52. The average molecular weight is 459 g/mol. The van der Waals surface area contributed by atoms with Crippen molar-refractivity contribution in [1.29, 1.82) is 0 Å². The summed E-state index contributed by atoms with van der Waals surface area (Å²) in [5.74, 6) is 0.959. The molecule has 1 aromatic heterocycles. The highest BCUT2D eigenvalue weighted by Crippen LogP contribution is 2.35. The van der Waals surface area contributed by atoms with Crippen molar-refractivity contribution in [2.75, 3.05) is 7.05 Å².